The lowest BCUT2D eigenvalue weighted by molar-refractivity contribution is 0.0142. The number of hydrogen-bond acceptors (Lipinski definition) is 6. The number of hydrogen-bond donors (Lipinski definition) is 0. The number of ether oxygens (including phenoxy) is 1. The molecule has 0 radical (unpaired) electrons. The number of piperidine rings is 1. The first-order valence-electron chi connectivity index (χ1n) is 10.9. The zero-order chi connectivity index (χ0) is 22.2. The third-order valence-electron chi connectivity index (χ3n) is 5.68. The van der Waals surface area contributed by atoms with Gasteiger partial charge in [-0.1, -0.05) is 0 Å². The van der Waals surface area contributed by atoms with Gasteiger partial charge in [0.1, 0.15) is 11.3 Å². The maximum Gasteiger partial charge on any atom is 0.410 e. The molecular weight excluding hydrogens is 396 g/mol. The molecule has 2 fully saturated rings. The van der Waals surface area contributed by atoms with Crippen LogP contribution in [-0.4, -0.2) is 62.5 Å². The fourth-order valence-corrected chi connectivity index (χ4v) is 4.07. The number of likely N-dealkylation sites (tertiary alicyclic amines) is 1. The molecule has 0 spiro atoms. The number of oxazole rings is 1. The number of aryl methyl sites for hydroxylation is 1. The van der Waals surface area contributed by atoms with Crippen molar-refractivity contribution < 1.29 is 18.7 Å². The van der Waals surface area contributed by atoms with E-state index < -0.39 is 5.60 Å². The van der Waals surface area contributed by atoms with Gasteiger partial charge in [-0.2, -0.15) is 0 Å². The number of rotatable bonds is 4. The predicted octanol–water partition coefficient (Wildman–Crippen LogP) is 4.05. The van der Waals surface area contributed by atoms with E-state index in [1.807, 2.05) is 38.7 Å². The van der Waals surface area contributed by atoms with Gasteiger partial charge in [0, 0.05) is 31.4 Å². The zero-order valence-corrected chi connectivity index (χ0v) is 18.6. The smallest absolute Gasteiger partial charge is 0.410 e. The summed E-state index contributed by atoms with van der Waals surface area (Å²) in [4.78, 5) is 38.0. The monoisotopic (exact) mass is 426 g/mol. The number of aromatic nitrogens is 2. The SMILES string of the molecule is Cc1cc(C(=O)N(C2CC2)C2CCN(C(=O)OC(C)(C)C)CC2)cnc1-c1cnco1. The summed E-state index contributed by atoms with van der Waals surface area (Å²) < 4.78 is 10.8. The molecule has 31 heavy (non-hydrogen) atoms. The van der Waals surface area contributed by atoms with Crippen LogP contribution in [0, 0.1) is 6.92 Å². The lowest BCUT2D eigenvalue weighted by Crippen LogP contribution is -2.50. The molecule has 0 bridgehead atoms. The average Bonchev–Trinajstić information content (AvgIpc) is 3.39. The third-order valence-corrected chi connectivity index (χ3v) is 5.68. The minimum Gasteiger partial charge on any atom is -0.444 e. The highest BCUT2D eigenvalue weighted by Gasteiger charge is 2.40. The number of carbonyl (C=O) groups excluding carboxylic acids is 2. The van der Waals surface area contributed by atoms with E-state index in [0.717, 1.165) is 31.2 Å². The molecule has 8 nitrogen and oxygen atoms in total. The van der Waals surface area contributed by atoms with Gasteiger partial charge in [-0.05, 0) is 65.0 Å². The Morgan fingerprint density at radius 3 is 2.35 bits per heavy atom. The summed E-state index contributed by atoms with van der Waals surface area (Å²) in [5.74, 6) is 0.600. The molecule has 2 aromatic heterocycles. The molecule has 0 atom stereocenters. The van der Waals surface area contributed by atoms with E-state index in [1.54, 1.807) is 17.3 Å². The molecule has 1 aliphatic heterocycles. The molecular formula is C23H30N4O4. The number of amides is 2. The Hall–Kier alpha value is -2.90. The van der Waals surface area contributed by atoms with Crippen molar-refractivity contribution in [1.82, 2.24) is 19.8 Å². The fourth-order valence-electron chi connectivity index (χ4n) is 4.07. The van der Waals surface area contributed by atoms with Crippen LogP contribution in [0.1, 0.15) is 62.4 Å². The highest BCUT2D eigenvalue weighted by molar-refractivity contribution is 5.95. The van der Waals surface area contributed by atoms with Crippen LogP contribution in [0.2, 0.25) is 0 Å². The molecule has 0 N–H and O–H groups in total. The van der Waals surface area contributed by atoms with Gasteiger partial charge in [-0.25, -0.2) is 9.78 Å². The van der Waals surface area contributed by atoms with E-state index in [4.69, 9.17) is 9.15 Å². The summed E-state index contributed by atoms with van der Waals surface area (Å²) in [5.41, 5.74) is 1.64. The van der Waals surface area contributed by atoms with Crippen molar-refractivity contribution in [1.29, 1.82) is 0 Å². The molecule has 0 unspecified atom stereocenters. The first-order chi connectivity index (χ1) is 14.7. The highest BCUT2D eigenvalue weighted by atomic mass is 16.6. The van der Waals surface area contributed by atoms with Crippen LogP contribution < -0.4 is 0 Å². The Balaban J connectivity index is 1.45. The summed E-state index contributed by atoms with van der Waals surface area (Å²) in [6.07, 6.45) is 7.89. The molecule has 2 aliphatic rings. The van der Waals surface area contributed by atoms with Crippen molar-refractivity contribution in [2.45, 2.75) is 71.1 Å². The van der Waals surface area contributed by atoms with Gasteiger partial charge in [0.15, 0.2) is 12.2 Å². The number of pyridine rings is 1. The zero-order valence-electron chi connectivity index (χ0n) is 18.6. The minimum absolute atomic E-state index is 0.0120. The number of nitrogens with zero attached hydrogens (tertiary/aromatic N) is 4. The Morgan fingerprint density at radius 2 is 1.81 bits per heavy atom. The van der Waals surface area contributed by atoms with Gasteiger partial charge in [-0.15, -0.1) is 0 Å². The lowest BCUT2D eigenvalue weighted by atomic mass is 10.0. The van der Waals surface area contributed by atoms with Crippen molar-refractivity contribution >= 4 is 12.0 Å². The summed E-state index contributed by atoms with van der Waals surface area (Å²) >= 11 is 0. The molecule has 166 valence electrons. The number of carbonyl (C=O) groups is 2. The average molecular weight is 427 g/mol. The van der Waals surface area contributed by atoms with Crippen LogP contribution in [0.15, 0.2) is 29.3 Å². The maximum atomic E-state index is 13.4. The van der Waals surface area contributed by atoms with Crippen LogP contribution in [0.25, 0.3) is 11.5 Å². The van der Waals surface area contributed by atoms with E-state index >= 15 is 0 Å². The van der Waals surface area contributed by atoms with Crippen molar-refractivity contribution in [2.24, 2.45) is 0 Å². The summed E-state index contributed by atoms with van der Waals surface area (Å²) in [6.45, 7) is 8.72. The third kappa shape index (κ3) is 4.89. The first-order valence-corrected chi connectivity index (χ1v) is 10.9. The molecule has 2 aromatic rings. The Morgan fingerprint density at radius 1 is 1.13 bits per heavy atom. The second-order valence-corrected chi connectivity index (χ2v) is 9.40. The topological polar surface area (TPSA) is 88.8 Å². The van der Waals surface area contributed by atoms with E-state index in [2.05, 4.69) is 9.97 Å². The van der Waals surface area contributed by atoms with Crippen LogP contribution in [-0.2, 0) is 4.74 Å². The Kier molecular flexibility index (Phi) is 5.73. The second-order valence-electron chi connectivity index (χ2n) is 9.40. The van der Waals surface area contributed by atoms with Gasteiger partial charge >= 0.3 is 6.09 Å². The van der Waals surface area contributed by atoms with Gasteiger partial charge in [0.25, 0.3) is 5.91 Å². The molecule has 2 amide bonds. The van der Waals surface area contributed by atoms with Gasteiger partial charge in [0.05, 0.1) is 11.8 Å². The van der Waals surface area contributed by atoms with Crippen LogP contribution in [0.5, 0.6) is 0 Å². The van der Waals surface area contributed by atoms with E-state index in [0.29, 0.717) is 30.1 Å². The van der Waals surface area contributed by atoms with Gasteiger partial charge in [-0.3, -0.25) is 9.78 Å². The molecule has 1 aliphatic carbocycles. The van der Waals surface area contributed by atoms with Crippen molar-refractivity contribution in [2.75, 3.05) is 13.1 Å². The molecule has 0 aromatic carbocycles. The minimum atomic E-state index is -0.507. The first kappa shape index (κ1) is 21.3. The van der Waals surface area contributed by atoms with Crippen LogP contribution >= 0.6 is 0 Å². The predicted molar refractivity (Wildman–Crippen MR) is 114 cm³/mol. The van der Waals surface area contributed by atoms with Crippen molar-refractivity contribution in [3.8, 4) is 11.5 Å². The molecule has 3 heterocycles. The second kappa shape index (κ2) is 8.32. The summed E-state index contributed by atoms with van der Waals surface area (Å²) in [6, 6.07) is 2.27. The lowest BCUT2D eigenvalue weighted by Gasteiger charge is -2.39. The van der Waals surface area contributed by atoms with Crippen LogP contribution in [0.3, 0.4) is 0 Å². The fraction of sp³-hybridized carbons (Fsp3) is 0.565. The van der Waals surface area contributed by atoms with E-state index in [9.17, 15) is 9.59 Å². The largest absolute Gasteiger partial charge is 0.444 e. The van der Waals surface area contributed by atoms with E-state index in [-0.39, 0.29) is 24.1 Å². The Labute approximate surface area is 182 Å². The molecule has 4 rings (SSSR count). The van der Waals surface area contributed by atoms with Gasteiger partial charge < -0.3 is 19.0 Å². The summed E-state index contributed by atoms with van der Waals surface area (Å²) in [7, 11) is 0. The van der Waals surface area contributed by atoms with Gasteiger partial charge in [0.2, 0.25) is 0 Å². The normalized spacial score (nSPS) is 17.5. The van der Waals surface area contributed by atoms with Crippen molar-refractivity contribution in [3.63, 3.8) is 0 Å². The van der Waals surface area contributed by atoms with Crippen LogP contribution in [0.4, 0.5) is 4.79 Å². The molecule has 1 saturated carbocycles. The molecule has 8 heteroatoms. The highest BCUT2D eigenvalue weighted by Crippen LogP contribution is 2.34. The standard InChI is InChI=1S/C23H30N4O4/c1-15-11-16(12-25-20(15)19-13-24-14-30-19)21(28)27(17-5-6-17)18-7-9-26(10-8-18)22(29)31-23(2,3)4/h11-14,17-18H,5-10H2,1-4H3. The van der Waals surface area contributed by atoms with Crippen molar-refractivity contribution in [3.05, 3.63) is 36.0 Å². The maximum absolute atomic E-state index is 13.4. The molecule has 1 saturated heterocycles. The van der Waals surface area contributed by atoms with E-state index in [1.165, 1.54) is 6.39 Å². The quantitative estimate of drug-likeness (QED) is 0.733. The summed E-state index contributed by atoms with van der Waals surface area (Å²) in [5, 5.41) is 0. The Bertz CT molecular complexity index is 939.